The van der Waals surface area contributed by atoms with Crippen LogP contribution in [0, 0.1) is 0 Å². The summed E-state index contributed by atoms with van der Waals surface area (Å²) in [5, 5.41) is 4.15. The number of aromatic nitrogens is 2. The number of nitrogens with zero attached hydrogens (tertiary/aromatic N) is 3. The van der Waals surface area contributed by atoms with E-state index in [1.165, 1.54) is 4.68 Å². The Balaban J connectivity index is 1.80. The van der Waals surface area contributed by atoms with Gasteiger partial charge in [0, 0.05) is 30.4 Å². The van der Waals surface area contributed by atoms with Gasteiger partial charge in [-0.15, -0.1) is 0 Å². The molecule has 0 aliphatic carbocycles. The van der Waals surface area contributed by atoms with Crippen LogP contribution in [0.5, 0.6) is 0 Å². The van der Waals surface area contributed by atoms with E-state index in [1.807, 2.05) is 6.07 Å². The molecule has 26 heavy (non-hydrogen) atoms. The first-order valence-corrected chi connectivity index (χ1v) is 10.0. The SMILES string of the molecule is C[C@H](C(N)=O)n1cc(-c2cccc(C(=O)N3CCS(=O)(=O)CC3)c2)cn1. The third-order valence-electron chi connectivity index (χ3n) is 4.48. The standard InChI is InChI=1S/C17H20N4O4S/c1-12(16(18)22)21-11-15(10-19-21)13-3-2-4-14(9-13)17(23)20-5-7-26(24,25)8-6-20/h2-4,9-12H,5-8H2,1H3,(H2,18,22)/t12-/m1/s1. The number of hydrogen-bond donors (Lipinski definition) is 1. The van der Waals surface area contributed by atoms with Crippen molar-refractivity contribution in [2.75, 3.05) is 24.6 Å². The van der Waals surface area contributed by atoms with Crippen LogP contribution in [0.2, 0.25) is 0 Å². The van der Waals surface area contributed by atoms with Crippen LogP contribution in [-0.2, 0) is 14.6 Å². The molecule has 0 unspecified atom stereocenters. The second kappa shape index (κ2) is 6.91. The van der Waals surface area contributed by atoms with Gasteiger partial charge >= 0.3 is 0 Å². The van der Waals surface area contributed by atoms with E-state index in [0.717, 1.165) is 11.1 Å². The molecule has 2 aromatic rings. The van der Waals surface area contributed by atoms with Crippen molar-refractivity contribution in [1.29, 1.82) is 0 Å². The molecular weight excluding hydrogens is 356 g/mol. The first-order valence-electron chi connectivity index (χ1n) is 8.20. The third kappa shape index (κ3) is 3.77. The number of benzene rings is 1. The predicted octanol–water partition coefficient (Wildman–Crippen LogP) is 0.467. The summed E-state index contributed by atoms with van der Waals surface area (Å²) in [6.07, 6.45) is 3.31. The Morgan fingerprint density at radius 2 is 1.88 bits per heavy atom. The molecule has 9 heteroatoms. The van der Waals surface area contributed by atoms with Crippen molar-refractivity contribution < 1.29 is 18.0 Å². The van der Waals surface area contributed by atoms with Crippen molar-refractivity contribution >= 4 is 21.7 Å². The summed E-state index contributed by atoms with van der Waals surface area (Å²) in [6, 6.07) is 6.47. The van der Waals surface area contributed by atoms with Gasteiger partial charge < -0.3 is 10.6 Å². The number of carbonyl (C=O) groups excluding carboxylic acids is 2. The molecule has 1 aliphatic rings. The van der Waals surface area contributed by atoms with E-state index >= 15 is 0 Å². The Labute approximate surface area is 151 Å². The van der Waals surface area contributed by atoms with E-state index in [4.69, 9.17) is 5.73 Å². The monoisotopic (exact) mass is 376 g/mol. The van der Waals surface area contributed by atoms with Gasteiger partial charge in [-0.05, 0) is 24.6 Å². The zero-order valence-corrected chi connectivity index (χ0v) is 15.1. The molecule has 0 bridgehead atoms. The lowest BCUT2D eigenvalue weighted by Crippen LogP contribution is -2.43. The summed E-state index contributed by atoms with van der Waals surface area (Å²) in [7, 11) is -3.04. The summed E-state index contributed by atoms with van der Waals surface area (Å²) >= 11 is 0. The van der Waals surface area contributed by atoms with Gasteiger partial charge in [-0.25, -0.2) is 8.42 Å². The second-order valence-corrected chi connectivity index (χ2v) is 8.62. The number of primary amides is 1. The Hall–Kier alpha value is -2.68. The fourth-order valence-corrected chi connectivity index (χ4v) is 3.96. The lowest BCUT2D eigenvalue weighted by molar-refractivity contribution is -0.120. The van der Waals surface area contributed by atoms with Crippen LogP contribution < -0.4 is 5.73 Å². The van der Waals surface area contributed by atoms with Crippen LogP contribution in [0.4, 0.5) is 0 Å². The van der Waals surface area contributed by atoms with Crippen molar-refractivity contribution in [1.82, 2.24) is 14.7 Å². The highest BCUT2D eigenvalue weighted by Gasteiger charge is 2.25. The maximum atomic E-state index is 12.6. The predicted molar refractivity (Wildman–Crippen MR) is 96.1 cm³/mol. The topological polar surface area (TPSA) is 115 Å². The van der Waals surface area contributed by atoms with Crippen molar-refractivity contribution in [3.05, 3.63) is 42.2 Å². The Morgan fingerprint density at radius 3 is 2.54 bits per heavy atom. The highest BCUT2D eigenvalue weighted by atomic mass is 32.2. The summed E-state index contributed by atoms with van der Waals surface area (Å²) in [6.45, 7) is 2.07. The number of amides is 2. The molecular formula is C17H20N4O4S. The van der Waals surface area contributed by atoms with E-state index in [9.17, 15) is 18.0 Å². The molecule has 1 aliphatic heterocycles. The number of hydrogen-bond acceptors (Lipinski definition) is 5. The number of rotatable bonds is 4. The third-order valence-corrected chi connectivity index (χ3v) is 6.09. The summed E-state index contributed by atoms with van der Waals surface area (Å²) < 4.78 is 24.5. The molecule has 0 saturated carbocycles. The van der Waals surface area contributed by atoms with Gasteiger partial charge in [0.25, 0.3) is 5.91 Å². The fraction of sp³-hybridized carbons (Fsp3) is 0.353. The quantitative estimate of drug-likeness (QED) is 0.833. The number of sulfone groups is 1. The molecule has 1 atom stereocenters. The molecule has 2 amide bonds. The normalized spacial score (nSPS) is 17.7. The van der Waals surface area contributed by atoms with Crippen molar-refractivity contribution in [2.24, 2.45) is 5.73 Å². The van der Waals surface area contributed by atoms with Gasteiger partial charge in [0.2, 0.25) is 5.91 Å². The highest BCUT2D eigenvalue weighted by molar-refractivity contribution is 7.91. The zero-order valence-electron chi connectivity index (χ0n) is 14.3. The molecule has 8 nitrogen and oxygen atoms in total. The van der Waals surface area contributed by atoms with Crippen LogP contribution in [0.15, 0.2) is 36.7 Å². The minimum absolute atomic E-state index is 0.00376. The smallest absolute Gasteiger partial charge is 0.253 e. The Morgan fingerprint density at radius 1 is 1.19 bits per heavy atom. The molecule has 2 heterocycles. The van der Waals surface area contributed by atoms with Crippen molar-refractivity contribution in [2.45, 2.75) is 13.0 Å². The van der Waals surface area contributed by atoms with Crippen LogP contribution in [0.1, 0.15) is 23.3 Å². The summed E-state index contributed by atoms with van der Waals surface area (Å²) in [4.78, 5) is 25.5. The first-order chi connectivity index (χ1) is 12.3. The molecule has 1 aromatic heterocycles. The van der Waals surface area contributed by atoms with Crippen LogP contribution in [-0.4, -0.2) is 59.5 Å². The van der Waals surface area contributed by atoms with Crippen LogP contribution in [0.3, 0.4) is 0 Å². The van der Waals surface area contributed by atoms with Gasteiger partial charge in [0.15, 0.2) is 9.84 Å². The molecule has 2 N–H and O–H groups in total. The average Bonchev–Trinajstić information content (AvgIpc) is 3.10. The maximum Gasteiger partial charge on any atom is 0.253 e. The van der Waals surface area contributed by atoms with E-state index in [1.54, 1.807) is 42.4 Å². The molecule has 1 fully saturated rings. The summed E-state index contributed by atoms with van der Waals surface area (Å²) in [5.74, 6) is -0.685. The van der Waals surface area contributed by atoms with Gasteiger partial charge in [-0.1, -0.05) is 12.1 Å². The van der Waals surface area contributed by atoms with Crippen molar-refractivity contribution in [3.8, 4) is 11.1 Å². The maximum absolute atomic E-state index is 12.6. The average molecular weight is 376 g/mol. The molecule has 0 spiro atoms. The molecule has 1 saturated heterocycles. The minimum atomic E-state index is -3.04. The zero-order chi connectivity index (χ0) is 18.9. The van der Waals surface area contributed by atoms with E-state index < -0.39 is 21.8 Å². The van der Waals surface area contributed by atoms with Gasteiger partial charge in [-0.3, -0.25) is 14.3 Å². The minimum Gasteiger partial charge on any atom is -0.368 e. The highest BCUT2D eigenvalue weighted by Crippen LogP contribution is 2.22. The Kier molecular flexibility index (Phi) is 4.82. The van der Waals surface area contributed by atoms with Crippen molar-refractivity contribution in [3.63, 3.8) is 0 Å². The number of carbonyl (C=O) groups is 2. The number of nitrogens with two attached hydrogens (primary N) is 1. The lowest BCUT2D eigenvalue weighted by atomic mass is 10.1. The fourth-order valence-electron chi connectivity index (χ4n) is 2.76. The van der Waals surface area contributed by atoms with Crippen LogP contribution in [0.25, 0.3) is 11.1 Å². The van der Waals surface area contributed by atoms with E-state index in [-0.39, 0.29) is 30.5 Å². The molecule has 1 aromatic carbocycles. The molecule has 3 rings (SSSR count). The summed E-state index contributed by atoms with van der Waals surface area (Å²) in [5.41, 5.74) is 7.31. The first kappa shape index (κ1) is 18.1. The van der Waals surface area contributed by atoms with Gasteiger partial charge in [0.05, 0.1) is 17.7 Å². The van der Waals surface area contributed by atoms with Gasteiger partial charge in [0.1, 0.15) is 6.04 Å². The van der Waals surface area contributed by atoms with E-state index in [0.29, 0.717) is 5.56 Å². The lowest BCUT2D eigenvalue weighted by Gasteiger charge is -2.26. The van der Waals surface area contributed by atoms with Crippen LogP contribution >= 0.6 is 0 Å². The Bertz CT molecular complexity index is 937. The molecule has 138 valence electrons. The largest absolute Gasteiger partial charge is 0.368 e. The van der Waals surface area contributed by atoms with Gasteiger partial charge in [-0.2, -0.15) is 5.10 Å². The molecule has 0 radical (unpaired) electrons. The second-order valence-electron chi connectivity index (χ2n) is 6.31. The van der Waals surface area contributed by atoms with E-state index in [2.05, 4.69) is 5.10 Å².